The molecule has 0 aromatic carbocycles. The third-order valence-electron chi connectivity index (χ3n) is 2.99. The molecular formula is C14H24N4O2. The highest BCUT2D eigenvalue weighted by Gasteiger charge is 2.14. The molecule has 0 saturated carbocycles. The number of carbonyl (C=O) groups excluding carboxylic acids is 1. The fourth-order valence-corrected chi connectivity index (χ4v) is 1.91. The molecule has 6 nitrogen and oxygen atoms in total. The monoisotopic (exact) mass is 280 g/mol. The lowest BCUT2D eigenvalue weighted by atomic mass is 10.1. The van der Waals surface area contributed by atoms with Crippen LogP contribution in [0.1, 0.15) is 42.7 Å². The average Bonchev–Trinajstić information content (AvgIpc) is 2.46. The van der Waals surface area contributed by atoms with Crippen LogP contribution in [-0.2, 0) is 11.2 Å². The van der Waals surface area contributed by atoms with Crippen molar-refractivity contribution in [2.24, 2.45) is 5.84 Å². The van der Waals surface area contributed by atoms with Gasteiger partial charge in [-0.05, 0) is 25.0 Å². The molecule has 112 valence electrons. The van der Waals surface area contributed by atoms with Crippen molar-refractivity contribution in [3.05, 3.63) is 23.4 Å². The van der Waals surface area contributed by atoms with Crippen LogP contribution in [0.25, 0.3) is 0 Å². The van der Waals surface area contributed by atoms with Crippen LogP contribution in [0.5, 0.6) is 0 Å². The first-order valence-corrected chi connectivity index (χ1v) is 6.91. The molecule has 20 heavy (non-hydrogen) atoms. The number of pyridine rings is 1. The zero-order chi connectivity index (χ0) is 15.0. The van der Waals surface area contributed by atoms with E-state index in [2.05, 4.69) is 22.7 Å². The number of nitrogens with one attached hydrogen (secondary N) is 2. The summed E-state index contributed by atoms with van der Waals surface area (Å²) in [4.78, 5) is 16.6. The second-order valence-electron chi connectivity index (χ2n) is 4.66. The molecule has 0 saturated heterocycles. The average molecular weight is 280 g/mol. The molecule has 1 rings (SSSR count). The van der Waals surface area contributed by atoms with Gasteiger partial charge < -0.3 is 15.5 Å². The van der Waals surface area contributed by atoms with E-state index in [0.717, 1.165) is 25.0 Å². The van der Waals surface area contributed by atoms with Crippen LogP contribution >= 0.6 is 0 Å². The summed E-state index contributed by atoms with van der Waals surface area (Å²) in [6.45, 7) is 4.57. The molecule has 0 radical (unpaired) electrons. The van der Waals surface area contributed by atoms with Gasteiger partial charge in [0.2, 0.25) is 0 Å². The number of hydrogen-bond acceptors (Lipinski definition) is 5. The third kappa shape index (κ3) is 4.79. The van der Waals surface area contributed by atoms with Gasteiger partial charge in [0.1, 0.15) is 5.82 Å². The number of aryl methyl sites for hydroxylation is 1. The fourth-order valence-electron chi connectivity index (χ4n) is 1.91. The molecule has 1 atom stereocenters. The first-order valence-electron chi connectivity index (χ1n) is 6.91. The summed E-state index contributed by atoms with van der Waals surface area (Å²) in [5.41, 5.74) is 3.91. The minimum Gasteiger partial charge on any atom is -0.383 e. The van der Waals surface area contributed by atoms with Gasteiger partial charge in [0.15, 0.2) is 0 Å². The number of rotatable bonds is 8. The minimum absolute atomic E-state index is 0.00424. The number of ether oxygens (including phenoxy) is 1. The molecule has 1 heterocycles. The number of nitrogens with two attached hydrogens (primary N) is 1. The lowest BCUT2D eigenvalue weighted by Gasteiger charge is -2.16. The van der Waals surface area contributed by atoms with Crippen molar-refractivity contribution in [3.8, 4) is 0 Å². The van der Waals surface area contributed by atoms with Crippen molar-refractivity contribution < 1.29 is 9.53 Å². The minimum atomic E-state index is -0.134. The molecule has 1 amide bonds. The maximum atomic E-state index is 12.3. The number of anilines is 1. The largest absolute Gasteiger partial charge is 0.383 e. The van der Waals surface area contributed by atoms with Gasteiger partial charge >= 0.3 is 0 Å². The number of amides is 1. The van der Waals surface area contributed by atoms with Crippen molar-refractivity contribution in [1.82, 2.24) is 10.3 Å². The number of nitrogens with zero attached hydrogens (tertiary/aromatic N) is 1. The van der Waals surface area contributed by atoms with Gasteiger partial charge in [0, 0.05) is 18.4 Å². The number of nitrogen functional groups attached to an aromatic ring is 1. The summed E-state index contributed by atoms with van der Waals surface area (Å²) in [6.07, 6.45) is 2.59. The van der Waals surface area contributed by atoms with Gasteiger partial charge in [-0.15, -0.1) is 0 Å². The molecule has 1 unspecified atom stereocenters. The van der Waals surface area contributed by atoms with Crippen molar-refractivity contribution in [1.29, 1.82) is 0 Å². The maximum absolute atomic E-state index is 12.3. The maximum Gasteiger partial charge on any atom is 0.251 e. The first kappa shape index (κ1) is 16.4. The molecule has 0 aliphatic rings. The third-order valence-corrected chi connectivity index (χ3v) is 2.99. The van der Waals surface area contributed by atoms with Crippen molar-refractivity contribution in [2.75, 3.05) is 19.1 Å². The molecule has 4 N–H and O–H groups in total. The summed E-state index contributed by atoms with van der Waals surface area (Å²) in [5, 5.41) is 2.94. The Hall–Kier alpha value is -1.66. The van der Waals surface area contributed by atoms with Gasteiger partial charge in [-0.3, -0.25) is 4.79 Å². The van der Waals surface area contributed by atoms with Crippen LogP contribution in [0.15, 0.2) is 12.1 Å². The van der Waals surface area contributed by atoms with Gasteiger partial charge in [-0.1, -0.05) is 20.3 Å². The molecule has 0 spiro atoms. The highest BCUT2D eigenvalue weighted by Crippen LogP contribution is 2.12. The highest BCUT2D eigenvalue weighted by molar-refractivity contribution is 5.95. The fraction of sp³-hybridized carbons (Fsp3) is 0.571. The molecule has 0 fully saturated rings. The molecule has 1 aromatic heterocycles. The van der Waals surface area contributed by atoms with E-state index in [0.29, 0.717) is 18.0 Å². The van der Waals surface area contributed by atoms with Crippen molar-refractivity contribution >= 4 is 11.7 Å². The van der Waals surface area contributed by atoms with Crippen LogP contribution in [-0.4, -0.2) is 30.6 Å². The van der Waals surface area contributed by atoms with E-state index in [1.54, 1.807) is 19.2 Å². The highest BCUT2D eigenvalue weighted by atomic mass is 16.5. The Morgan fingerprint density at radius 1 is 1.45 bits per heavy atom. The quantitative estimate of drug-likeness (QED) is 0.496. The molecule has 0 bridgehead atoms. The Balaban J connectivity index is 2.87. The Morgan fingerprint density at radius 3 is 2.75 bits per heavy atom. The summed E-state index contributed by atoms with van der Waals surface area (Å²) in [5.74, 6) is 5.76. The lowest BCUT2D eigenvalue weighted by Crippen LogP contribution is -2.37. The van der Waals surface area contributed by atoms with Gasteiger partial charge in [0.05, 0.1) is 12.6 Å². The van der Waals surface area contributed by atoms with Crippen LogP contribution in [0.4, 0.5) is 5.82 Å². The van der Waals surface area contributed by atoms with E-state index in [4.69, 9.17) is 10.6 Å². The summed E-state index contributed by atoms with van der Waals surface area (Å²) < 4.78 is 5.08. The summed E-state index contributed by atoms with van der Waals surface area (Å²) in [6, 6.07) is 3.46. The molecular weight excluding hydrogens is 256 g/mol. The van der Waals surface area contributed by atoms with E-state index >= 15 is 0 Å². The topological polar surface area (TPSA) is 89.3 Å². The van der Waals surface area contributed by atoms with Gasteiger partial charge in [-0.2, -0.15) is 0 Å². The van der Waals surface area contributed by atoms with Gasteiger partial charge in [0.25, 0.3) is 5.91 Å². The van der Waals surface area contributed by atoms with Crippen LogP contribution in [0, 0.1) is 0 Å². The second kappa shape index (κ2) is 8.50. The van der Waals surface area contributed by atoms with E-state index < -0.39 is 0 Å². The first-order chi connectivity index (χ1) is 9.64. The summed E-state index contributed by atoms with van der Waals surface area (Å²) >= 11 is 0. The van der Waals surface area contributed by atoms with Crippen LogP contribution < -0.4 is 16.6 Å². The van der Waals surface area contributed by atoms with Crippen molar-refractivity contribution in [2.45, 2.75) is 39.2 Å². The van der Waals surface area contributed by atoms with E-state index in [1.165, 1.54) is 0 Å². The zero-order valence-electron chi connectivity index (χ0n) is 12.4. The Bertz CT molecular complexity index is 437. The molecule has 6 heteroatoms. The van der Waals surface area contributed by atoms with E-state index in [9.17, 15) is 4.79 Å². The second-order valence-corrected chi connectivity index (χ2v) is 4.66. The number of methoxy groups -OCH3 is 1. The number of aromatic nitrogens is 1. The standard InChI is InChI=1S/C14H24N4O2/c1-4-6-12-7-10(8-13(16-12)18-15)14(19)17-11(5-2)9-20-3/h7-8,11H,4-6,9,15H2,1-3H3,(H,16,18)(H,17,19). The molecule has 0 aliphatic carbocycles. The smallest absolute Gasteiger partial charge is 0.251 e. The molecule has 1 aromatic rings. The van der Waals surface area contributed by atoms with E-state index in [-0.39, 0.29) is 11.9 Å². The molecule has 0 aliphatic heterocycles. The van der Waals surface area contributed by atoms with E-state index in [1.807, 2.05) is 6.92 Å². The lowest BCUT2D eigenvalue weighted by molar-refractivity contribution is 0.0894. The Kier molecular flexibility index (Phi) is 6.97. The van der Waals surface area contributed by atoms with Crippen molar-refractivity contribution in [3.63, 3.8) is 0 Å². The number of hydrogen-bond donors (Lipinski definition) is 3. The normalized spacial score (nSPS) is 12.0. The predicted molar refractivity (Wildman–Crippen MR) is 79.5 cm³/mol. The zero-order valence-corrected chi connectivity index (χ0v) is 12.4. The van der Waals surface area contributed by atoms with Crippen LogP contribution in [0.3, 0.4) is 0 Å². The number of hydrazine groups is 1. The number of carbonyl (C=O) groups is 1. The summed E-state index contributed by atoms with van der Waals surface area (Å²) in [7, 11) is 1.62. The predicted octanol–water partition coefficient (Wildman–Crippen LogP) is 1.47. The van der Waals surface area contributed by atoms with Gasteiger partial charge in [-0.25, -0.2) is 10.8 Å². The van der Waals surface area contributed by atoms with Crippen LogP contribution in [0.2, 0.25) is 0 Å². The SMILES string of the molecule is CCCc1cc(C(=O)NC(CC)COC)cc(NN)n1. The Morgan fingerprint density at radius 2 is 2.20 bits per heavy atom. The Labute approximate surface area is 120 Å².